The molecule has 0 radical (unpaired) electrons. The maximum Gasteiger partial charge on any atom is 0.335 e. The Morgan fingerprint density at radius 1 is 0.900 bits per heavy atom. The summed E-state index contributed by atoms with van der Waals surface area (Å²) in [4.78, 5) is 63.0. The molecule has 0 aliphatic heterocycles. The number of carbonyl (C=O) groups is 3. The van der Waals surface area contributed by atoms with E-state index in [1.54, 1.807) is 53.8 Å². The highest BCUT2D eigenvalue weighted by atomic mass is 32.2. The first-order valence-electron chi connectivity index (χ1n) is 15.3. The predicted octanol–water partition coefficient (Wildman–Crippen LogP) is 2.26. The van der Waals surface area contributed by atoms with Crippen LogP contribution in [-0.2, 0) is 28.3 Å². The smallest absolute Gasteiger partial charge is 0.335 e. The van der Waals surface area contributed by atoms with Crippen molar-refractivity contribution in [2.45, 2.75) is 57.5 Å². The van der Waals surface area contributed by atoms with Gasteiger partial charge in [-0.1, -0.05) is 12.1 Å². The standard InChI is InChI=1S/C34H36BF2N5O7S/c1-18-19(2)41(6)33(47)42(32(18)46)22-11-7-20(8-12-22)15-28(29(35)43)38-31(45)24-16-26(37)27(17-25(24)36)40-50(48,49)23-13-9-21(10-14-23)30(44)39-34(3,4)5/h7-14,16-17,28,40H,15,35H2,1-6H3,(H,38,45)(H,39,44)/t28-/m0/s1. The second-order valence-corrected chi connectivity index (χ2v) is 14.5. The molecule has 1 aromatic heterocycles. The summed E-state index contributed by atoms with van der Waals surface area (Å²) in [6, 6.07) is 10.8. The van der Waals surface area contributed by atoms with Gasteiger partial charge in [-0.05, 0) is 89.1 Å². The number of sulfonamides is 1. The Kier molecular flexibility index (Phi) is 10.7. The zero-order valence-corrected chi connectivity index (χ0v) is 29.3. The van der Waals surface area contributed by atoms with Crippen molar-refractivity contribution in [2.75, 3.05) is 4.72 Å². The second-order valence-electron chi connectivity index (χ2n) is 12.8. The summed E-state index contributed by atoms with van der Waals surface area (Å²) in [5.41, 5.74) is -1.63. The van der Waals surface area contributed by atoms with Crippen molar-refractivity contribution in [1.82, 2.24) is 19.8 Å². The molecule has 0 saturated heterocycles. The van der Waals surface area contributed by atoms with Gasteiger partial charge in [0.1, 0.15) is 17.3 Å². The largest absolute Gasteiger partial charge is 0.347 e. The van der Waals surface area contributed by atoms with Crippen LogP contribution in [0.25, 0.3) is 5.69 Å². The van der Waals surface area contributed by atoms with Crippen LogP contribution in [0.3, 0.4) is 0 Å². The van der Waals surface area contributed by atoms with E-state index in [1.165, 1.54) is 36.7 Å². The summed E-state index contributed by atoms with van der Waals surface area (Å²) in [6.07, 6.45) is -0.0557. The van der Waals surface area contributed by atoms with Crippen LogP contribution in [0, 0.1) is 25.5 Å². The third-order valence-corrected chi connectivity index (χ3v) is 9.32. The van der Waals surface area contributed by atoms with E-state index in [4.69, 9.17) is 0 Å². The molecule has 0 unspecified atom stereocenters. The molecule has 2 amide bonds. The zero-order chi connectivity index (χ0) is 37.3. The Morgan fingerprint density at radius 3 is 2.06 bits per heavy atom. The van der Waals surface area contributed by atoms with Gasteiger partial charge in [-0.2, -0.15) is 0 Å². The van der Waals surface area contributed by atoms with Gasteiger partial charge in [0.15, 0.2) is 7.85 Å². The van der Waals surface area contributed by atoms with Crippen LogP contribution in [0.2, 0.25) is 0 Å². The quantitative estimate of drug-likeness (QED) is 0.213. The number of hydrogen-bond donors (Lipinski definition) is 3. The summed E-state index contributed by atoms with van der Waals surface area (Å²) in [7, 11) is -1.68. The lowest BCUT2D eigenvalue weighted by atomic mass is 9.90. The second kappa shape index (κ2) is 14.2. The monoisotopic (exact) mass is 707 g/mol. The first kappa shape index (κ1) is 37.4. The molecule has 262 valence electrons. The predicted molar refractivity (Wildman–Crippen MR) is 186 cm³/mol. The van der Waals surface area contributed by atoms with Gasteiger partial charge >= 0.3 is 5.69 Å². The number of rotatable bonds is 10. The SMILES string of the molecule is BC(=O)[C@H](Cc1ccc(-n2c(=O)c(C)c(C)n(C)c2=O)cc1)NC(=O)c1cc(F)c(NS(=O)(=O)c2ccc(C(=O)NC(C)(C)C)cc2)cc1F. The number of amides is 2. The molecular formula is C34H36BF2N5O7S. The molecule has 0 spiro atoms. The highest BCUT2D eigenvalue weighted by molar-refractivity contribution is 7.92. The van der Waals surface area contributed by atoms with E-state index in [0.29, 0.717) is 34.6 Å². The lowest BCUT2D eigenvalue weighted by molar-refractivity contribution is -0.113. The molecule has 4 aromatic rings. The lowest BCUT2D eigenvalue weighted by Gasteiger charge is -2.20. The van der Waals surface area contributed by atoms with Crippen molar-refractivity contribution < 1.29 is 31.6 Å². The molecule has 1 atom stereocenters. The Balaban J connectivity index is 1.49. The molecule has 0 fully saturated rings. The van der Waals surface area contributed by atoms with E-state index >= 15 is 8.78 Å². The number of carbonyl (C=O) groups excluding carboxylic acids is 3. The summed E-state index contributed by atoms with van der Waals surface area (Å²) in [5, 5.41) is 5.12. The minimum atomic E-state index is -4.43. The van der Waals surface area contributed by atoms with E-state index < -0.39 is 73.2 Å². The van der Waals surface area contributed by atoms with E-state index in [2.05, 4.69) is 10.6 Å². The molecular weight excluding hydrogens is 671 g/mol. The number of hydrogen-bond acceptors (Lipinski definition) is 7. The highest BCUT2D eigenvalue weighted by Gasteiger charge is 2.25. The van der Waals surface area contributed by atoms with Crippen molar-refractivity contribution in [3.63, 3.8) is 0 Å². The molecule has 12 nitrogen and oxygen atoms in total. The Hall–Kier alpha value is -5.38. The van der Waals surface area contributed by atoms with Gasteiger partial charge in [0, 0.05) is 35.5 Å². The lowest BCUT2D eigenvalue weighted by Crippen LogP contribution is -2.43. The number of anilines is 1. The van der Waals surface area contributed by atoms with Crippen LogP contribution in [0.5, 0.6) is 0 Å². The minimum Gasteiger partial charge on any atom is -0.347 e. The number of nitrogens with one attached hydrogen (secondary N) is 3. The fourth-order valence-corrected chi connectivity index (χ4v) is 5.99. The Labute approximate surface area is 288 Å². The maximum absolute atomic E-state index is 15.1. The van der Waals surface area contributed by atoms with Gasteiger partial charge in [-0.15, -0.1) is 0 Å². The first-order chi connectivity index (χ1) is 23.2. The van der Waals surface area contributed by atoms with Gasteiger partial charge < -0.3 is 20.0 Å². The number of aromatic nitrogens is 2. The van der Waals surface area contributed by atoms with Gasteiger partial charge in [-0.3, -0.25) is 19.1 Å². The summed E-state index contributed by atoms with van der Waals surface area (Å²) in [5.74, 6) is -4.07. The third kappa shape index (κ3) is 8.25. The average Bonchev–Trinajstić information content (AvgIpc) is 3.04. The molecule has 0 saturated carbocycles. The van der Waals surface area contributed by atoms with E-state index in [9.17, 15) is 32.4 Å². The van der Waals surface area contributed by atoms with Gasteiger partial charge in [0.2, 0.25) is 0 Å². The van der Waals surface area contributed by atoms with Gasteiger partial charge in [-0.25, -0.2) is 26.6 Å². The fourth-order valence-electron chi connectivity index (χ4n) is 4.93. The van der Waals surface area contributed by atoms with Crippen molar-refractivity contribution >= 4 is 41.1 Å². The molecule has 3 N–H and O–H groups in total. The van der Waals surface area contributed by atoms with Crippen LogP contribution in [-0.4, -0.2) is 54.5 Å². The number of nitrogens with zero attached hydrogens (tertiary/aromatic N) is 2. The highest BCUT2D eigenvalue weighted by Crippen LogP contribution is 2.24. The summed E-state index contributed by atoms with van der Waals surface area (Å²) < 4.78 is 60.3. The summed E-state index contributed by atoms with van der Waals surface area (Å²) >= 11 is 0. The van der Waals surface area contributed by atoms with Gasteiger partial charge in [0.05, 0.1) is 27.9 Å². The van der Waals surface area contributed by atoms with Crippen molar-refractivity contribution in [3.8, 4) is 5.69 Å². The molecule has 3 aromatic carbocycles. The van der Waals surface area contributed by atoms with E-state index in [1.807, 2.05) is 4.72 Å². The maximum atomic E-state index is 15.1. The fraction of sp³-hybridized carbons (Fsp3) is 0.265. The van der Waals surface area contributed by atoms with Crippen LogP contribution >= 0.6 is 0 Å². The zero-order valence-electron chi connectivity index (χ0n) is 28.5. The first-order valence-corrected chi connectivity index (χ1v) is 16.8. The molecule has 0 aliphatic carbocycles. The normalized spacial score (nSPS) is 12.2. The average molecular weight is 708 g/mol. The molecule has 4 rings (SSSR count). The minimum absolute atomic E-state index is 0.0557. The molecule has 16 heteroatoms. The van der Waals surface area contributed by atoms with Gasteiger partial charge in [0.25, 0.3) is 27.4 Å². The topological polar surface area (TPSA) is 165 Å². The number of benzene rings is 3. The molecule has 1 heterocycles. The number of halogens is 2. The van der Waals surface area contributed by atoms with E-state index in [0.717, 1.165) is 16.7 Å². The van der Waals surface area contributed by atoms with Crippen molar-refractivity contribution in [1.29, 1.82) is 0 Å². The van der Waals surface area contributed by atoms with Crippen molar-refractivity contribution in [2.24, 2.45) is 7.05 Å². The summed E-state index contributed by atoms with van der Waals surface area (Å²) in [6.45, 7) is 8.62. The third-order valence-electron chi connectivity index (χ3n) is 7.94. The van der Waals surface area contributed by atoms with Crippen molar-refractivity contribution in [3.05, 3.63) is 121 Å². The molecule has 0 aliphatic rings. The molecule has 50 heavy (non-hydrogen) atoms. The van der Waals surface area contributed by atoms with Crippen LogP contribution in [0.15, 0.2) is 75.1 Å². The van der Waals surface area contributed by atoms with Crippen LogP contribution < -0.4 is 26.6 Å². The van der Waals surface area contributed by atoms with Crippen LogP contribution in [0.1, 0.15) is 58.3 Å². The van der Waals surface area contributed by atoms with E-state index in [-0.39, 0.29) is 16.9 Å². The van der Waals surface area contributed by atoms with Crippen LogP contribution in [0.4, 0.5) is 14.5 Å². The Morgan fingerprint density at radius 2 is 1.50 bits per heavy atom. The Bertz CT molecular complexity index is 2190. The molecule has 0 bridgehead atoms.